The normalized spacial score (nSPS) is 21.4. The third kappa shape index (κ3) is 16.5. The van der Waals surface area contributed by atoms with Gasteiger partial charge in [0, 0.05) is 48.4 Å². The number of amides is 4. The number of Topliss-reactive ketones (excluding diaryl/α,β-unsaturated/α-hetero) is 1. The molecule has 17 N–H and O–H groups in total. The van der Waals surface area contributed by atoms with Crippen LogP contribution in [0.1, 0.15) is 120 Å². The summed E-state index contributed by atoms with van der Waals surface area (Å²) in [5, 5.41) is 98.8. The summed E-state index contributed by atoms with van der Waals surface area (Å²) in [7, 11) is 1.29. The number of ether oxygens (including phenoxy) is 3. The van der Waals surface area contributed by atoms with Gasteiger partial charge in [-0.3, -0.25) is 43.5 Å². The Morgan fingerprint density at radius 2 is 1.59 bits per heavy atom. The van der Waals surface area contributed by atoms with E-state index < -0.39 is 168 Å². The zero-order valence-corrected chi connectivity index (χ0v) is 48.6. The van der Waals surface area contributed by atoms with Crippen molar-refractivity contribution < 1.29 is 93.4 Å². The number of aliphatic imine (C=N–C) groups is 2. The summed E-state index contributed by atoms with van der Waals surface area (Å²) < 4.78 is 17.7. The number of nitrogens with one attached hydrogen (secondary N) is 5. The molecule has 11 atom stereocenters. The first-order valence-electron chi connectivity index (χ1n) is 28.4. The van der Waals surface area contributed by atoms with Crippen molar-refractivity contribution in [2.24, 2.45) is 33.3 Å². The van der Waals surface area contributed by atoms with Crippen LogP contribution in [0.2, 0.25) is 0 Å². The van der Waals surface area contributed by atoms with E-state index in [2.05, 4.69) is 36.6 Å². The van der Waals surface area contributed by atoms with E-state index in [1.54, 1.807) is 33.1 Å². The molecule has 1 heterocycles. The smallest absolute Gasteiger partial charge is 0.326 e. The number of aliphatic hydroxyl groups is 4. The quantitative estimate of drug-likeness (QED) is 0.0133. The number of fused-ring (bicyclic) bond motifs is 3. The summed E-state index contributed by atoms with van der Waals surface area (Å²) in [6.45, 7) is 2.38. The van der Waals surface area contributed by atoms with E-state index in [1.807, 2.05) is 0 Å². The second-order valence-electron chi connectivity index (χ2n) is 21.6. The molecule has 0 bridgehead atoms. The molecule has 0 saturated carbocycles. The summed E-state index contributed by atoms with van der Waals surface area (Å²) in [5.74, 6) is -10.2. The van der Waals surface area contributed by atoms with E-state index in [-0.39, 0.29) is 65.7 Å². The molecule has 2 aliphatic carbocycles. The molecule has 472 valence electrons. The third-order valence-corrected chi connectivity index (χ3v) is 15.5. The number of rotatable bonds is 30. The maximum absolute atomic E-state index is 14.0. The molecule has 0 spiro atoms. The molecule has 1 fully saturated rings. The lowest BCUT2D eigenvalue weighted by molar-refractivity contribution is -0.248. The Kier molecular flexibility index (Phi) is 23.8. The number of carboxylic acids is 1. The van der Waals surface area contributed by atoms with Crippen LogP contribution in [-0.2, 0) is 51.1 Å². The number of phenolic OH excluding ortho intramolecular Hbond substituents is 3. The third-order valence-electron chi connectivity index (χ3n) is 15.5. The molecule has 28 nitrogen and oxygen atoms in total. The first kappa shape index (κ1) is 67.6. The minimum absolute atomic E-state index is 0.0251. The van der Waals surface area contributed by atoms with Crippen LogP contribution in [0.15, 0.2) is 64.7 Å². The van der Waals surface area contributed by atoms with Gasteiger partial charge in [-0.2, -0.15) is 0 Å². The Morgan fingerprint density at radius 3 is 2.24 bits per heavy atom. The van der Waals surface area contributed by atoms with Crippen LogP contribution >= 0.6 is 0 Å². The van der Waals surface area contributed by atoms with Gasteiger partial charge >= 0.3 is 5.97 Å². The number of ketones is 3. The van der Waals surface area contributed by atoms with Crippen molar-refractivity contribution in [1.82, 2.24) is 26.6 Å². The highest BCUT2D eigenvalue weighted by Gasteiger charge is 2.51. The van der Waals surface area contributed by atoms with Crippen LogP contribution in [0.3, 0.4) is 0 Å². The Bertz CT molecular complexity index is 3110. The number of guanidine groups is 1. The molecule has 1 saturated heterocycles. The summed E-state index contributed by atoms with van der Waals surface area (Å²) in [6.07, 6.45) is 1.91. The van der Waals surface area contributed by atoms with E-state index in [9.17, 15) is 79.2 Å². The predicted octanol–water partition coefficient (Wildman–Crippen LogP) is -0.691. The molecule has 87 heavy (non-hydrogen) atoms. The highest BCUT2D eigenvalue weighted by Crippen LogP contribution is 2.53. The molecule has 3 aromatic rings. The fourth-order valence-corrected chi connectivity index (χ4v) is 10.4. The van der Waals surface area contributed by atoms with Gasteiger partial charge in [-0.15, -0.1) is 0 Å². The molecule has 28 heteroatoms. The molecule has 4 unspecified atom stereocenters. The number of aliphatic carboxylic acids is 1. The maximum atomic E-state index is 14.0. The van der Waals surface area contributed by atoms with Crippen molar-refractivity contribution in [2.45, 2.75) is 133 Å². The lowest BCUT2D eigenvalue weighted by Gasteiger charge is -2.42. The molecule has 1 aliphatic heterocycles. The summed E-state index contributed by atoms with van der Waals surface area (Å²) >= 11 is 0. The number of hydrogen-bond acceptors (Lipinski definition) is 21. The van der Waals surface area contributed by atoms with Gasteiger partial charge in [0.25, 0.3) is 0 Å². The number of hydrogen-bond donors (Lipinski definition) is 15. The van der Waals surface area contributed by atoms with Gasteiger partial charge in [-0.25, -0.2) is 4.79 Å². The van der Waals surface area contributed by atoms with Gasteiger partial charge in [0.05, 0.1) is 61.8 Å². The number of nitrogens with zero attached hydrogens (tertiary/aromatic N) is 2. The Labute approximate surface area is 500 Å². The number of carbonyl (C=O) groups excluding carboxylic acids is 7. The second kappa shape index (κ2) is 30.7. The number of aliphatic hydroxyl groups excluding tert-OH is 3. The molecule has 6 rings (SSSR count). The van der Waals surface area contributed by atoms with Gasteiger partial charge in [0.15, 0.2) is 23.8 Å². The van der Waals surface area contributed by atoms with Crippen LogP contribution in [-0.4, -0.2) is 188 Å². The topological polar surface area (TPSA) is 463 Å². The number of phenols is 3. The number of benzene rings is 3. The number of unbranched alkanes of at least 4 members (excludes halogenated alkanes) is 2. The second-order valence-corrected chi connectivity index (χ2v) is 21.6. The predicted molar refractivity (Wildman–Crippen MR) is 311 cm³/mol. The first-order chi connectivity index (χ1) is 41.4. The van der Waals surface area contributed by atoms with Crippen LogP contribution in [0.4, 0.5) is 0 Å². The Morgan fingerprint density at radius 1 is 0.885 bits per heavy atom. The van der Waals surface area contributed by atoms with Crippen LogP contribution in [0, 0.1) is 11.8 Å². The average molecular weight is 1220 g/mol. The molecule has 3 aliphatic rings. The van der Waals surface area contributed by atoms with Gasteiger partial charge in [-0.05, 0) is 74.2 Å². The number of carboxylic acid groups (broad SMARTS) is 1. The van der Waals surface area contributed by atoms with E-state index in [1.165, 1.54) is 55.8 Å². The number of nitrogens with two attached hydrogens (primary N) is 2. The standard InChI is InChI=1S/C59H77N9O19/c1-5-29(2)47(55(81)66-36(56(82)83)22-31-15-17-32(71)18-16-31)68-42(73)25-65-53(79)37(26-69)67-54(80)35(13-11-21-64-58(60)61)62-19-8-6-7-9-20-63-38-28-86-57(30(3)48(38)74)87-40-24-59(84,41(72)27-70)23-34-44(40)52(78)46-45(50(34)76)49(75)33-12-10-14-39(85-4)43(33)51(46)77/h8,10,12,14-20,29-30,35-38,40,47-48,57,62,69-71,74,76,78,84H,5-7,9,11,13,21-28H2,1-4H3,(H,65,79)(H,66,81)(H,67,80)(H,68,73)(H,82,83)(H4,60,61,64)/b19-8-,63-20?/t29-,30?,35-,36-,37-,38?,40-,47-,48?,57?,59-/m0/s1. The fraction of sp³-hybridized carbons (Fsp3) is 0.492. The summed E-state index contributed by atoms with van der Waals surface area (Å²) in [5.41, 5.74) is 7.27. The molecular weight excluding hydrogens is 1140 g/mol. The van der Waals surface area contributed by atoms with Crippen LogP contribution in [0.5, 0.6) is 23.0 Å². The molecule has 0 aromatic heterocycles. The van der Waals surface area contributed by atoms with Gasteiger partial charge < -0.3 is 93.1 Å². The first-order valence-corrected chi connectivity index (χ1v) is 28.4. The average Bonchev–Trinajstić information content (AvgIpc) is 0.763. The zero-order valence-electron chi connectivity index (χ0n) is 48.6. The van der Waals surface area contributed by atoms with Crippen molar-refractivity contribution in [3.05, 3.63) is 93.7 Å². The summed E-state index contributed by atoms with van der Waals surface area (Å²) in [6, 6.07) is 4.20. The minimum atomic E-state index is -2.37. The molecule has 4 amide bonds. The lowest BCUT2D eigenvalue weighted by atomic mass is 9.72. The van der Waals surface area contributed by atoms with Crippen LogP contribution in [0.25, 0.3) is 0 Å². The number of aromatic hydroxyl groups is 3. The van der Waals surface area contributed by atoms with Crippen molar-refractivity contribution in [2.75, 3.05) is 40.0 Å². The zero-order chi connectivity index (χ0) is 63.9. The summed E-state index contributed by atoms with van der Waals surface area (Å²) in [4.78, 5) is 115. The Balaban J connectivity index is 1.01. The molecule has 3 aromatic carbocycles. The monoisotopic (exact) mass is 1220 g/mol. The highest BCUT2D eigenvalue weighted by molar-refractivity contribution is 6.31. The largest absolute Gasteiger partial charge is 0.508 e. The van der Waals surface area contributed by atoms with Gasteiger partial charge in [0.2, 0.25) is 29.4 Å². The SMILES string of the molecule is CC[C@H](C)[C@H](NC(=O)CNC(=O)[C@H](CO)NC(=O)[C@H](CCCN=C(N)N)N/C=C\CCCC=NC1COC(O[C@H]2C[C@](O)(C(=O)CO)Cc3c(O)c4c(c(O)c32)C(=O)c2c(OC)cccc2C4=O)C(C)C1O)C(=O)N[C@@H](Cc1ccc(O)cc1)C(=O)O. The molecular formula is C59H77N9O19. The number of allylic oxidation sites excluding steroid dienone is 1. The van der Waals surface area contributed by atoms with E-state index in [0.29, 0.717) is 37.7 Å². The highest BCUT2D eigenvalue weighted by atomic mass is 16.7. The van der Waals surface area contributed by atoms with Crippen molar-refractivity contribution in [1.29, 1.82) is 0 Å². The lowest BCUT2D eigenvalue weighted by Crippen LogP contribution is -2.57. The Hall–Kier alpha value is -8.54. The fourth-order valence-electron chi connectivity index (χ4n) is 10.4. The van der Waals surface area contributed by atoms with E-state index >= 15 is 0 Å². The molecule has 0 radical (unpaired) electrons. The van der Waals surface area contributed by atoms with E-state index in [4.69, 9.17) is 25.7 Å². The van der Waals surface area contributed by atoms with Crippen LogP contribution < -0.4 is 42.8 Å². The van der Waals surface area contributed by atoms with Gasteiger partial charge in [-0.1, -0.05) is 57.5 Å². The van der Waals surface area contributed by atoms with E-state index in [0.717, 1.165) is 0 Å². The maximum Gasteiger partial charge on any atom is 0.326 e. The van der Waals surface area contributed by atoms with Crippen molar-refractivity contribution in [3.8, 4) is 23.0 Å². The minimum Gasteiger partial charge on any atom is -0.508 e. The van der Waals surface area contributed by atoms with Gasteiger partial charge in [0.1, 0.15) is 59.4 Å². The van der Waals surface area contributed by atoms with Crippen molar-refractivity contribution >= 4 is 59.1 Å². The number of carbonyl (C=O) groups is 8. The number of methoxy groups -OCH3 is 1. The van der Waals surface area contributed by atoms with Crippen molar-refractivity contribution in [3.63, 3.8) is 0 Å².